The summed E-state index contributed by atoms with van der Waals surface area (Å²) in [5.74, 6) is -0.129. The zero-order valence-corrected chi connectivity index (χ0v) is 9.08. The van der Waals surface area contributed by atoms with Crippen molar-refractivity contribution in [1.82, 2.24) is 9.97 Å². The summed E-state index contributed by atoms with van der Waals surface area (Å²) >= 11 is 3.22. The average Bonchev–Trinajstić information content (AvgIpc) is 2.60. The SMILES string of the molecule is O=Cc1nc(-c2cccc(F)c2)c(Br)[nH]1. The Balaban J connectivity index is 2.53. The molecule has 0 aliphatic heterocycles. The van der Waals surface area contributed by atoms with Gasteiger partial charge >= 0.3 is 0 Å². The van der Waals surface area contributed by atoms with Crippen molar-refractivity contribution in [2.24, 2.45) is 0 Å². The van der Waals surface area contributed by atoms with Gasteiger partial charge in [-0.15, -0.1) is 0 Å². The number of carbonyl (C=O) groups is 1. The number of hydrogen-bond acceptors (Lipinski definition) is 2. The molecule has 15 heavy (non-hydrogen) atoms. The maximum Gasteiger partial charge on any atom is 0.185 e. The van der Waals surface area contributed by atoms with Crippen molar-refractivity contribution in [3.05, 3.63) is 40.5 Å². The molecular weight excluding hydrogens is 263 g/mol. The number of nitrogens with one attached hydrogen (secondary N) is 1. The largest absolute Gasteiger partial charge is 0.330 e. The fourth-order valence-electron chi connectivity index (χ4n) is 1.25. The number of benzene rings is 1. The quantitative estimate of drug-likeness (QED) is 0.852. The Labute approximate surface area is 93.5 Å². The van der Waals surface area contributed by atoms with Gasteiger partial charge in [0.1, 0.15) is 16.1 Å². The van der Waals surface area contributed by atoms with E-state index >= 15 is 0 Å². The highest BCUT2D eigenvalue weighted by Gasteiger charge is 2.09. The topological polar surface area (TPSA) is 45.8 Å². The lowest BCUT2D eigenvalue weighted by atomic mass is 10.2. The van der Waals surface area contributed by atoms with E-state index in [4.69, 9.17) is 0 Å². The highest BCUT2D eigenvalue weighted by Crippen LogP contribution is 2.25. The van der Waals surface area contributed by atoms with Crippen LogP contribution in [0.2, 0.25) is 0 Å². The van der Waals surface area contributed by atoms with Crippen molar-refractivity contribution in [2.45, 2.75) is 0 Å². The van der Waals surface area contributed by atoms with Gasteiger partial charge in [-0.3, -0.25) is 4.79 Å². The first-order chi connectivity index (χ1) is 7.20. The summed E-state index contributed by atoms with van der Waals surface area (Å²) in [6.45, 7) is 0. The molecule has 1 aromatic carbocycles. The van der Waals surface area contributed by atoms with Crippen LogP contribution in [0, 0.1) is 5.82 Å². The summed E-state index contributed by atoms with van der Waals surface area (Å²) in [4.78, 5) is 17.2. The second kappa shape index (κ2) is 3.94. The predicted molar refractivity (Wildman–Crippen MR) is 57.1 cm³/mol. The first-order valence-electron chi connectivity index (χ1n) is 4.17. The molecule has 0 radical (unpaired) electrons. The van der Waals surface area contributed by atoms with Crippen LogP contribution in [0.25, 0.3) is 11.3 Å². The number of aldehydes is 1. The Bertz CT molecular complexity index is 510. The van der Waals surface area contributed by atoms with Crippen LogP contribution < -0.4 is 0 Å². The van der Waals surface area contributed by atoms with Crippen LogP contribution in [0.4, 0.5) is 4.39 Å². The van der Waals surface area contributed by atoms with Gasteiger partial charge in [0, 0.05) is 5.56 Å². The van der Waals surface area contributed by atoms with Crippen molar-refractivity contribution in [2.75, 3.05) is 0 Å². The third-order valence-corrected chi connectivity index (χ3v) is 2.46. The predicted octanol–water partition coefficient (Wildman–Crippen LogP) is 2.79. The lowest BCUT2D eigenvalue weighted by Gasteiger charge is -1.96. The number of hydrogen-bond donors (Lipinski definition) is 1. The molecular formula is C10H6BrFN2O. The molecule has 0 bridgehead atoms. The minimum absolute atomic E-state index is 0.209. The van der Waals surface area contributed by atoms with Gasteiger partial charge in [-0.25, -0.2) is 9.37 Å². The number of nitrogens with zero attached hydrogens (tertiary/aromatic N) is 1. The molecule has 0 fully saturated rings. The van der Waals surface area contributed by atoms with Crippen LogP contribution in [-0.2, 0) is 0 Å². The molecule has 2 aromatic rings. The third-order valence-electron chi connectivity index (χ3n) is 1.89. The average molecular weight is 269 g/mol. The standard InChI is InChI=1S/C10H6BrFN2O/c11-10-9(13-8(5-15)14-10)6-2-1-3-7(12)4-6/h1-5H,(H,13,14). The highest BCUT2D eigenvalue weighted by molar-refractivity contribution is 9.10. The van der Waals surface area contributed by atoms with Crippen molar-refractivity contribution >= 4 is 22.2 Å². The van der Waals surface area contributed by atoms with Crippen LogP contribution >= 0.6 is 15.9 Å². The summed E-state index contributed by atoms with van der Waals surface area (Å²) in [5.41, 5.74) is 1.14. The molecule has 76 valence electrons. The summed E-state index contributed by atoms with van der Waals surface area (Å²) in [7, 11) is 0. The molecule has 1 aromatic heterocycles. The molecule has 0 atom stereocenters. The zero-order valence-electron chi connectivity index (χ0n) is 7.50. The second-order valence-corrected chi connectivity index (χ2v) is 3.71. The van der Waals surface area contributed by atoms with Crippen LogP contribution in [0.15, 0.2) is 28.9 Å². The molecule has 0 aliphatic carbocycles. The summed E-state index contributed by atoms with van der Waals surface area (Å²) in [6, 6.07) is 6.02. The molecule has 0 saturated heterocycles. The van der Waals surface area contributed by atoms with Gasteiger partial charge in [0.25, 0.3) is 0 Å². The van der Waals surface area contributed by atoms with Crippen molar-refractivity contribution < 1.29 is 9.18 Å². The molecule has 0 saturated carbocycles. The Hall–Kier alpha value is -1.49. The molecule has 1 N–H and O–H groups in total. The van der Waals surface area contributed by atoms with Crippen LogP contribution in [0.3, 0.4) is 0 Å². The van der Waals surface area contributed by atoms with Crippen molar-refractivity contribution in [3.63, 3.8) is 0 Å². The van der Waals surface area contributed by atoms with Gasteiger partial charge in [0.2, 0.25) is 0 Å². The van der Waals surface area contributed by atoms with Gasteiger partial charge in [0.15, 0.2) is 12.1 Å². The molecule has 0 aliphatic rings. The molecule has 1 heterocycles. The fraction of sp³-hybridized carbons (Fsp3) is 0. The lowest BCUT2D eigenvalue weighted by Crippen LogP contribution is -1.82. The van der Waals surface area contributed by atoms with E-state index in [0.29, 0.717) is 22.1 Å². The summed E-state index contributed by atoms with van der Waals surface area (Å²) in [5, 5.41) is 0. The van der Waals surface area contributed by atoms with E-state index in [-0.39, 0.29) is 11.6 Å². The van der Waals surface area contributed by atoms with E-state index in [1.807, 2.05) is 0 Å². The maximum atomic E-state index is 13.0. The number of halogens is 2. The number of aromatic nitrogens is 2. The zero-order chi connectivity index (χ0) is 10.8. The Morgan fingerprint density at radius 3 is 2.87 bits per heavy atom. The summed E-state index contributed by atoms with van der Waals surface area (Å²) < 4.78 is 13.5. The van der Waals surface area contributed by atoms with Gasteiger partial charge < -0.3 is 4.98 Å². The van der Waals surface area contributed by atoms with Crippen molar-refractivity contribution in [1.29, 1.82) is 0 Å². The first-order valence-corrected chi connectivity index (χ1v) is 4.96. The van der Waals surface area contributed by atoms with Gasteiger partial charge in [-0.2, -0.15) is 0 Å². The van der Waals surface area contributed by atoms with E-state index in [2.05, 4.69) is 25.9 Å². The third kappa shape index (κ3) is 1.97. The monoisotopic (exact) mass is 268 g/mol. The van der Waals surface area contributed by atoms with Crippen molar-refractivity contribution in [3.8, 4) is 11.3 Å². The van der Waals surface area contributed by atoms with E-state index in [0.717, 1.165) is 0 Å². The fourth-order valence-corrected chi connectivity index (χ4v) is 1.77. The molecule has 5 heteroatoms. The number of carbonyl (C=O) groups excluding carboxylic acids is 1. The van der Waals surface area contributed by atoms with E-state index in [1.54, 1.807) is 12.1 Å². The van der Waals surface area contributed by atoms with Crippen LogP contribution in [0.5, 0.6) is 0 Å². The summed E-state index contributed by atoms with van der Waals surface area (Å²) in [6.07, 6.45) is 0.605. The van der Waals surface area contributed by atoms with E-state index in [9.17, 15) is 9.18 Å². The smallest absolute Gasteiger partial charge is 0.185 e. The van der Waals surface area contributed by atoms with Gasteiger partial charge in [0.05, 0.1) is 0 Å². The Kier molecular flexibility index (Phi) is 2.64. The number of rotatable bonds is 2. The molecule has 0 unspecified atom stereocenters. The number of aromatic amines is 1. The van der Waals surface area contributed by atoms with Gasteiger partial charge in [-0.1, -0.05) is 12.1 Å². The second-order valence-electron chi connectivity index (χ2n) is 2.91. The number of H-pyrrole nitrogens is 1. The minimum atomic E-state index is -0.338. The number of imidazole rings is 1. The highest BCUT2D eigenvalue weighted by atomic mass is 79.9. The molecule has 3 nitrogen and oxygen atoms in total. The molecule has 2 rings (SSSR count). The Morgan fingerprint density at radius 2 is 2.27 bits per heavy atom. The van der Waals surface area contributed by atoms with Gasteiger partial charge in [-0.05, 0) is 28.1 Å². The maximum absolute atomic E-state index is 13.0. The Morgan fingerprint density at radius 1 is 1.47 bits per heavy atom. The van der Waals surface area contributed by atoms with Crippen LogP contribution in [0.1, 0.15) is 10.6 Å². The first kappa shape index (κ1) is 10.0. The lowest BCUT2D eigenvalue weighted by molar-refractivity contribution is 0.111. The minimum Gasteiger partial charge on any atom is -0.330 e. The molecule has 0 spiro atoms. The van der Waals surface area contributed by atoms with Crippen LogP contribution in [-0.4, -0.2) is 16.3 Å². The van der Waals surface area contributed by atoms with E-state index < -0.39 is 0 Å². The molecule has 0 amide bonds. The normalized spacial score (nSPS) is 10.3. The van der Waals surface area contributed by atoms with E-state index in [1.165, 1.54) is 12.1 Å².